The van der Waals surface area contributed by atoms with Gasteiger partial charge >= 0.3 is 0 Å². The molecule has 0 bridgehead atoms. The largest absolute Gasteiger partial charge is 0.377 e. The van der Waals surface area contributed by atoms with E-state index in [1.807, 2.05) is 13.2 Å². The molecule has 2 aliphatic rings. The quantitative estimate of drug-likeness (QED) is 0.819. The summed E-state index contributed by atoms with van der Waals surface area (Å²) in [4.78, 5) is 17.8. The molecule has 4 heterocycles. The average Bonchev–Trinajstić information content (AvgIpc) is 3.21. The minimum Gasteiger partial charge on any atom is -0.377 e. The van der Waals surface area contributed by atoms with E-state index in [-0.39, 0.29) is 12.5 Å². The van der Waals surface area contributed by atoms with Crippen molar-refractivity contribution in [3.8, 4) is 0 Å². The Morgan fingerprint density at radius 3 is 3.08 bits per heavy atom. The van der Waals surface area contributed by atoms with E-state index < -0.39 is 5.60 Å². The van der Waals surface area contributed by atoms with Crippen molar-refractivity contribution in [1.29, 1.82) is 0 Å². The van der Waals surface area contributed by atoms with Gasteiger partial charge in [-0.1, -0.05) is 6.07 Å². The van der Waals surface area contributed by atoms with Crippen molar-refractivity contribution in [3.05, 3.63) is 34.8 Å². The van der Waals surface area contributed by atoms with E-state index in [9.17, 15) is 4.79 Å². The predicted octanol–water partition coefficient (Wildman–Crippen LogP) is 1.12. The van der Waals surface area contributed by atoms with Gasteiger partial charge in [-0.25, -0.2) is 0 Å². The topological polar surface area (TPSA) is 59.8 Å². The highest BCUT2D eigenvalue weighted by Crippen LogP contribution is 2.27. The van der Waals surface area contributed by atoms with Crippen LogP contribution in [0.5, 0.6) is 0 Å². The average molecular weight is 362 g/mol. The number of hydrogen-bond donors (Lipinski definition) is 0. The lowest BCUT2D eigenvalue weighted by molar-refractivity contribution is -0.146. The minimum absolute atomic E-state index is 0.0346. The van der Waals surface area contributed by atoms with Gasteiger partial charge < -0.3 is 14.4 Å². The van der Waals surface area contributed by atoms with Crippen molar-refractivity contribution in [2.24, 2.45) is 7.05 Å². The molecule has 1 spiro atoms. The predicted molar refractivity (Wildman–Crippen MR) is 94.7 cm³/mol. The molecule has 0 radical (unpaired) electrons. The first-order valence-electron chi connectivity index (χ1n) is 8.39. The number of ether oxygens (including phenoxy) is 2. The van der Waals surface area contributed by atoms with Crippen molar-refractivity contribution in [2.45, 2.75) is 12.1 Å². The SMILES string of the molecule is Cn1cc(N2CC3(COCCN(Cc4cccs4)C3)OCC2=O)cn1. The summed E-state index contributed by atoms with van der Waals surface area (Å²) < 4.78 is 13.6. The van der Waals surface area contributed by atoms with E-state index in [1.165, 1.54) is 4.88 Å². The first-order chi connectivity index (χ1) is 12.1. The van der Waals surface area contributed by atoms with Crippen LogP contribution in [0.3, 0.4) is 0 Å². The number of carbonyl (C=O) groups excluding carboxylic acids is 1. The number of aromatic nitrogens is 2. The summed E-state index contributed by atoms with van der Waals surface area (Å²) >= 11 is 1.76. The zero-order valence-electron chi connectivity index (χ0n) is 14.3. The summed E-state index contributed by atoms with van der Waals surface area (Å²) in [6.45, 7) is 4.23. The van der Waals surface area contributed by atoms with Crippen LogP contribution in [0.4, 0.5) is 5.69 Å². The molecule has 2 saturated heterocycles. The maximum atomic E-state index is 12.4. The molecule has 4 rings (SSSR count). The van der Waals surface area contributed by atoms with Gasteiger partial charge in [0.05, 0.1) is 31.6 Å². The molecule has 134 valence electrons. The number of aryl methyl sites for hydroxylation is 1. The Hall–Kier alpha value is -1.74. The molecule has 2 fully saturated rings. The summed E-state index contributed by atoms with van der Waals surface area (Å²) in [6, 6.07) is 4.22. The van der Waals surface area contributed by atoms with E-state index in [2.05, 4.69) is 27.5 Å². The lowest BCUT2D eigenvalue weighted by atomic mass is 10.0. The number of thiophene rings is 1. The Labute approximate surface area is 150 Å². The molecule has 2 aromatic heterocycles. The van der Waals surface area contributed by atoms with Gasteiger partial charge in [0.2, 0.25) is 0 Å². The first-order valence-corrected chi connectivity index (χ1v) is 9.27. The molecule has 8 heteroatoms. The van der Waals surface area contributed by atoms with E-state index in [0.717, 1.165) is 25.3 Å². The summed E-state index contributed by atoms with van der Waals surface area (Å²) in [5, 5.41) is 6.28. The highest BCUT2D eigenvalue weighted by atomic mass is 32.1. The van der Waals surface area contributed by atoms with Gasteiger partial charge in [-0.05, 0) is 11.4 Å². The molecule has 1 amide bonds. The maximum absolute atomic E-state index is 12.4. The van der Waals surface area contributed by atoms with Crippen LogP contribution in [0.2, 0.25) is 0 Å². The second-order valence-electron chi connectivity index (χ2n) is 6.67. The number of amides is 1. The molecule has 1 atom stereocenters. The first kappa shape index (κ1) is 16.7. The molecular formula is C17H22N4O3S. The van der Waals surface area contributed by atoms with E-state index >= 15 is 0 Å². The van der Waals surface area contributed by atoms with Gasteiger partial charge in [0.1, 0.15) is 12.2 Å². The van der Waals surface area contributed by atoms with E-state index in [1.54, 1.807) is 27.1 Å². The summed E-state index contributed by atoms with van der Waals surface area (Å²) in [5.74, 6) is -0.0346. The van der Waals surface area contributed by atoms with Crippen molar-refractivity contribution >= 4 is 22.9 Å². The monoisotopic (exact) mass is 362 g/mol. The highest BCUT2D eigenvalue weighted by Gasteiger charge is 2.43. The number of nitrogens with zero attached hydrogens (tertiary/aromatic N) is 4. The Kier molecular flexibility index (Phi) is 4.60. The van der Waals surface area contributed by atoms with Gasteiger partial charge in [-0.15, -0.1) is 11.3 Å². The molecule has 0 N–H and O–H groups in total. The second-order valence-corrected chi connectivity index (χ2v) is 7.70. The molecule has 7 nitrogen and oxygen atoms in total. The van der Waals surface area contributed by atoms with Crippen molar-refractivity contribution in [3.63, 3.8) is 0 Å². The summed E-state index contributed by atoms with van der Waals surface area (Å²) in [5.41, 5.74) is 0.307. The van der Waals surface area contributed by atoms with E-state index in [4.69, 9.17) is 9.47 Å². The van der Waals surface area contributed by atoms with Gasteiger partial charge in [-0.2, -0.15) is 5.10 Å². The van der Waals surface area contributed by atoms with Crippen LogP contribution in [0.25, 0.3) is 0 Å². The van der Waals surface area contributed by atoms with Crippen LogP contribution < -0.4 is 4.90 Å². The van der Waals surface area contributed by atoms with Crippen LogP contribution in [0, 0.1) is 0 Å². The normalized spacial score (nSPS) is 25.5. The van der Waals surface area contributed by atoms with Gasteiger partial charge in [-0.3, -0.25) is 14.4 Å². The van der Waals surface area contributed by atoms with Crippen LogP contribution >= 0.6 is 11.3 Å². The molecule has 1 unspecified atom stereocenters. The number of morpholine rings is 1. The van der Waals surface area contributed by atoms with Crippen molar-refractivity contribution < 1.29 is 14.3 Å². The molecule has 0 saturated carbocycles. The van der Waals surface area contributed by atoms with Crippen LogP contribution in [0.15, 0.2) is 29.9 Å². The van der Waals surface area contributed by atoms with Gasteiger partial charge in [0.15, 0.2) is 0 Å². The van der Waals surface area contributed by atoms with Gasteiger partial charge in [0, 0.05) is 37.8 Å². The van der Waals surface area contributed by atoms with Crippen LogP contribution in [-0.4, -0.2) is 65.6 Å². The lowest BCUT2D eigenvalue weighted by Gasteiger charge is -2.42. The number of carbonyl (C=O) groups is 1. The van der Waals surface area contributed by atoms with Crippen molar-refractivity contribution in [2.75, 3.05) is 44.4 Å². The van der Waals surface area contributed by atoms with Gasteiger partial charge in [0.25, 0.3) is 5.91 Å². The Morgan fingerprint density at radius 2 is 2.32 bits per heavy atom. The molecule has 0 aliphatic carbocycles. The van der Waals surface area contributed by atoms with Crippen LogP contribution in [-0.2, 0) is 27.9 Å². The molecule has 2 aliphatic heterocycles. The zero-order valence-corrected chi connectivity index (χ0v) is 15.1. The fraction of sp³-hybridized carbons (Fsp3) is 0.529. The zero-order chi connectivity index (χ0) is 17.3. The highest BCUT2D eigenvalue weighted by molar-refractivity contribution is 7.09. The number of anilines is 1. The number of hydrogen-bond acceptors (Lipinski definition) is 6. The third-order valence-corrected chi connectivity index (χ3v) is 5.50. The minimum atomic E-state index is -0.502. The standard InChI is InChI=1S/C17H22N4O3S/c1-19-8-14(7-18-19)21-12-17(24-10-16(21)22)11-20(4-5-23-13-17)9-15-3-2-6-25-15/h2-3,6-8H,4-5,9-13H2,1H3. The lowest BCUT2D eigenvalue weighted by Crippen LogP contribution is -2.60. The summed E-state index contributed by atoms with van der Waals surface area (Å²) in [6.07, 6.45) is 3.58. The Morgan fingerprint density at radius 1 is 1.40 bits per heavy atom. The number of rotatable bonds is 3. The van der Waals surface area contributed by atoms with E-state index in [0.29, 0.717) is 19.8 Å². The fourth-order valence-corrected chi connectivity index (χ4v) is 4.17. The Bertz CT molecular complexity index is 732. The second kappa shape index (κ2) is 6.87. The van der Waals surface area contributed by atoms with Crippen LogP contribution in [0.1, 0.15) is 4.88 Å². The third kappa shape index (κ3) is 3.62. The smallest absolute Gasteiger partial charge is 0.253 e. The third-order valence-electron chi connectivity index (χ3n) is 4.64. The fourth-order valence-electron chi connectivity index (χ4n) is 3.42. The van der Waals surface area contributed by atoms with Crippen molar-refractivity contribution in [1.82, 2.24) is 14.7 Å². The Balaban J connectivity index is 1.53. The maximum Gasteiger partial charge on any atom is 0.253 e. The molecule has 2 aromatic rings. The summed E-state index contributed by atoms with van der Waals surface area (Å²) in [7, 11) is 1.85. The molecule has 0 aromatic carbocycles. The molecular weight excluding hydrogens is 340 g/mol. The molecule has 25 heavy (non-hydrogen) atoms.